The van der Waals surface area contributed by atoms with Crippen LogP contribution in [0.3, 0.4) is 0 Å². The van der Waals surface area contributed by atoms with Crippen LogP contribution in [0.4, 0.5) is 0 Å². The van der Waals surface area contributed by atoms with Crippen LogP contribution in [-0.2, 0) is 6.42 Å². The largest absolute Gasteiger partial charge is 0.437 e. The van der Waals surface area contributed by atoms with Crippen LogP contribution in [0.1, 0.15) is 58.8 Å². The van der Waals surface area contributed by atoms with Crippen LogP contribution in [0.15, 0.2) is 48.5 Å². The Morgan fingerprint density at radius 2 is 1.73 bits per heavy atom. The van der Waals surface area contributed by atoms with Gasteiger partial charge >= 0.3 is 0 Å². The number of fused-ring (bicyclic) bond motifs is 1. The monoisotopic (exact) mass is 423 g/mol. The first-order chi connectivity index (χ1) is 14.4. The zero-order chi connectivity index (χ0) is 21.4. The molecule has 1 aromatic heterocycles. The summed E-state index contributed by atoms with van der Waals surface area (Å²) in [7, 11) is 0. The van der Waals surface area contributed by atoms with Gasteiger partial charge in [0.25, 0.3) is 11.8 Å². The molecule has 0 bridgehead atoms. The molecule has 0 radical (unpaired) electrons. The van der Waals surface area contributed by atoms with Crippen LogP contribution in [0, 0.1) is 5.92 Å². The van der Waals surface area contributed by atoms with Crippen LogP contribution < -0.4 is 4.74 Å². The van der Waals surface area contributed by atoms with E-state index in [4.69, 9.17) is 16.3 Å². The maximum atomic E-state index is 13.1. The highest BCUT2D eigenvalue weighted by Crippen LogP contribution is 2.39. The van der Waals surface area contributed by atoms with Gasteiger partial charge in [0.05, 0.1) is 22.9 Å². The van der Waals surface area contributed by atoms with Crippen molar-refractivity contribution in [2.24, 2.45) is 5.92 Å². The molecule has 6 nitrogen and oxygen atoms in total. The molecule has 2 heterocycles. The highest BCUT2D eigenvalue weighted by atomic mass is 35.5. The summed E-state index contributed by atoms with van der Waals surface area (Å²) in [6, 6.07) is 13.5. The van der Waals surface area contributed by atoms with E-state index in [0.29, 0.717) is 39.9 Å². The van der Waals surface area contributed by atoms with E-state index < -0.39 is 6.04 Å². The fraction of sp³-hybridized carbons (Fsp3) is 0.261. The number of imide groups is 1. The molecule has 0 fully saturated rings. The number of aromatic nitrogens is 2. The second-order valence-corrected chi connectivity index (χ2v) is 7.99. The lowest BCUT2D eigenvalue weighted by atomic mass is 9.95. The number of H-pyrrole nitrogens is 1. The van der Waals surface area contributed by atoms with E-state index in [9.17, 15) is 9.59 Å². The number of amides is 2. The van der Waals surface area contributed by atoms with Gasteiger partial charge in [0.2, 0.25) is 5.88 Å². The van der Waals surface area contributed by atoms with E-state index >= 15 is 0 Å². The van der Waals surface area contributed by atoms with Gasteiger partial charge in [0.15, 0.2) is 0 Å². The molecule has 2 aromatic carbocycles. The van der Waals surface area contributed by atoms with Crippen LogP contribution in [0.25, 0.3) is 0 Å². The minimum Gasteiger partial charge on any atom is -0.437 e. The van der Waals surface area contributed by atoms with Gasteiger partial charge in [-0.15, -0.1) is 5.10 Å². The van der Waals surface area contributed by atoms with Crippen molar-refractivity contribution in [1.82, 2.24) is 15.1 Å². The standard InChI is InChI=1S/C23H22ClN3O3/c1-4-16-19(25-26-21(16)30-15-9-7-8-14(24)12-15)20(13(2)3)27-22(28)17-10-5-6-11-18(17)23(27)29/h5-13,20H,4H2,1-3H3,(H,25,26). The molecule has 2 amide bonds. The molecule has 0 spiro atoms. The van der Waals surface area contributed by atoms with Gasteiger partial charge in [0.1, 0.15) is 5.75 Å². The van der Waals surface area contributed by atoms with E-state index in [0.717, 1.165) is 5.56 Å². The Bertz CT molecular complexity index is 1090. The number of carbonyl (C=O) groups excluding carboxylic acids is 2. The molecule has 4 rings (SSSR count). The predicted octanol–water partition coefficient (Wildman–Crippen LogP) is 5.41. The van der Waals surface area contributed by atoms with Crippen molar-refractivity contribution < 1.29 is 14.3 Å². The van der Waals surface area contributed by atoms with Crippen LogP contribution >= 0.6 is 11.6 Å². The summed E-state index contributed by atoms with van der Waals surface area (Å²) >= 11 is 6.05. The highest BCUT2D eigenvalue weighted by Gasteiger charge is 2.43. The zero-order valence-electron chi connectivity index (χ0n) is 17.0. The lowest BCUT2D eigenvalue weighted by Gasteiger charge is -2.29. The maximum Gasteiger partial charge on any atom is 0.262 e. The second kappa shape index (κ2) is 7.95. The number of halogens is 1. The van der Waals surface area contributed by atoms with E-state index in [1.807, 2.05) is 20.8 Å². The Hall–Kier alpha value is -3.12. The topological polar surface area (TPSA) is 75.3 Å². The summed E-state index contributed by atoms with van der Waals surface area (Å²) < 4.78 is 5.95. The van der Waals surface area contributed by atoms with Crippen molar-refractivity contribution in [2.45, 2.75) is 33.2 Å². The second-order valence-electron chi connectivity index (χ2n) is 7.55. The van der Waals surface area contributed by atoms with Gasteiger partial charge in [-0.2, -0.15) is 0 Å². The molecule has 1 aliphatic heterocycles. The maximum absolute atomic E-state index is 13.1. The number of nitrogens with zero attached hydrogens (tertiary/aromatic N) is 2. The number of hydrogen-bond acceptors (Lipinski definition) is 4. The van der Waals surface area contributed by atoms with Crippen molar-refractivity contribution in [2.75, 3.05) is 0 Å². The van der Waals surface area contributed by atoms with Crippen LogP contribution in [0.5, 0.6) is 11.6 Å². The molecule has 1 atom stereocenters. The number of nitrogens with one attached hydrogen (secondary N) is 1. The number of carbonyl (C=O) groups is 2. The van der Waals surface area contributed by atoms with E-state index in [1.165, 1.54) is 4.90 Å². The lowest BCUT2D eigenvalue weighted by Crippen LogP contribution is -2.37. The van der Waals surface area contributed by atoms with Crippen molar-refractivity contribution >= 4 is 23.4 Å². The third-order valence-corrected chi connectivity index (χ3v) is 5.49. The van der Waals surface area contributed by atoms with E-state index in [2.05, 4.69) is 10.2 Å². The van der Waals surface area contributed by atoms with Gasteiger partial charge in [-0.3, -0.25) is 19.6 Å². The SMILES string of the molecule is CCc1c(Oc2cccc(Cl)c2)n[nH]c1C(C(C)C)N1C(=O)c2ccccc2C1=O. The smallest absolute Gasteiger partial charge is 0.262 e. The third-order valence-electron chi connectivity index (χ3n) is 5.26. The average molecular weight is 424 g/mol. The molecule has 1 aliphatic rings. The Kier molecular flexibility index (Phi) is 5.35. The predicted molar refractivity (Wildman–Crippen MR) is 114 cm³/mol. The Morgan fingerprint density at radius 3 is 2.30 bits per heavy atom. The number of ether oxygens (including phenoxy) is 1. The third kappa shape index (κ3) is 3.37. The minimum absolute atomic E-state index is 0.0306. The first-order valence-electron chi connectivity index (χ1n) is 9.89. The average Bonchev–Trinajstić information content (AvgIpc) is 3.22. The molecule has 154 valence electrons. The summed E-state index contributed by atoms with van der Waals surface area (Å²) in [5.41, 5.74) is 2.39. The molecule has 0 saturated carbocycles. The number of aromatic amines is 1. The van der Waals surface area contributed by atoms with Gasteiger partial charge in [-0.05, 0) is 42.7 Å². The van der Waals surface area contributed by atoms with Crippen molar-refractivity contribution in [1.29, 1.82) is 0 Å². The fourth-order valence-corrected chi connectivity index (χ4v) is 4.08. The van der Waals surface area contributed by atoms with Gasteiger partial charge in [-0.1, -0.05) is 50.6 Å². The summed E-state index contributed by atoms with van der Waals surface area (Å²) in [5.74, 6) is 0.373. The molecule has 7 heteroatoms. The highest BCUT2D eigenvalue weighted by molar-refractivity contribution is 6.30. The van der Waals surface area contributed by atoms with Crippen LogP contribution in [-0.4, -0.2) is 26.9 Å². The Morgan fingerprint density at radius 1 is 1.07 bits per heavy atom. The molecular formula is C23H22ClN3O3. The quantitative estimate of drug-likeness (QED) is 0.538. The zero-order valence-corrected chi connectivity index (χ0v) is 17.7. The summed E-state index contributed by atoms with van der Waals surface area (Å²) in [6.45, 7) is 5.94. The number of hydrogen-bond donors (Lipinski definition) is 1. The fourth-order valence-electron chi connectivity index (χ4n) is 3.90. The number of benzene rings is 2. The molecule has 3 aromatic rings. The molecule has 1 unspecified atom stereocenters. The normalized spacial score (nSPS) is 14.4. The van der Waals surface area contributed by atoms with Crippen molar-refractivity contribution in [3.05, 3.63) is 75.9 Å². The molecule has 30 heavy (non-hydrogen) atoms. The first kappa shape index (κ1) is 20.2. The van der Waals surface area contributed by atoms with E-state index in [-0.39, 0.29) is 17.7 Å². The van der Waals surface area contributed by atoms with Gasteiger partial charge in [0, 0.05) is 10.6 Å². The summed E-state index contributed by atoms with van der Waals surface area (Å²) in [5, 5.41) is 7.94. The number of rotatable bonds is 6. The van der Waals surface area contributed by atoms with E-state index in [1.54, 1.807) is 48.5 Å². The van der Waals surface area contributed by atoms with Gasteiger partial charge in [-0.25, -0.2) is 0 Å². The Labute approximate surface area is 179 Å². The first-order valence-corrected chi connectivity index (χ1v) is 10.3. The minimum atomic E-state index is -0.489. The molecular weight excluding hydrogens is 402 g/mol. The molecule has 1 N–H and O–H groups in total. The van der Waals surface area contributed by atoms with Gasteiger partial charge < -0.3 is 4.74 Å². The Balaban J connectivity index is 1.73. The summed E-state index contributed by atoms with van der Waals surface area (Å²) in [6.07, 6.45) is 0.619. The summed E-state index contributed by atoms with van der Waals surface area (Å²) in [4.78, 5) is 27.5. The van der Waals surface area contributed by atoms with Crippen molar-refractivity contribution in [3.8, 4) is 11.6 Å². The lowest BCUT2D eigenvalue weighted by molar-refractivity contribution is 0.0533. The molecule has 0 aliphatic carbocycles. The van der Waals surface area contributed by atoms with Crippen molar-refractivity contribution in [3.63, 3.8) is 0 Å². The molecule has 0 saturated heterocycles. The van der Waals surface area contributed by atoms with Crippen LogP contribution in [0.2, 0.25) is 5.02 Å².